The molecule has 0 rings (SSSR count). The van der Waals surface area contributed by atoms with E-state index < -0.39 is 0 Å². The van der Waals surface area contributed by atoms with Gasteiger partial charge in [-0.05, 0) is 0 Å². The Morgan fingerprint density at radius 1 is 0.267 bits per heavy atom. The van der Waals surface area contributed by atoms with Crippen molar-refractivity contribution in [3.05, 3.63) is 46.0 Å². The fraction of sp³-hybridized carbons (Fsp3) is 0. The minimum atomic E-state index is 0. The summed E-state index contributed by atoms with van der Waals surface area (Å²) in [7, 11) is 0. The van der Waals surface area contributed by atoms with Crippen LogP contribution >= 0.6 is 0 Å². The first-order chi connectivity index (χ1) is 7.00. The maximum atomic E-state index is 6.25. The van der Waals surface area contributed by atoms with Crippen LogP contribution in [0.5, 0.6) is 0 Å². The zero-order valence-electron chi connectivity index (χ0n) is 7.04. The molecule has 0 N–H and O–H groups in total. The third kappa shape index (κ3) is 111. The molecule has 0 unspecified atom stereocenters. The Kier molecular flexibility index (Phi) is 807. The average molecular weight is 278 g/mol. The van der Waals surface area contributed by atoms with Gasteiger partial charge in [-0.3, -0.25) is 0 Å². The molecule has 0 aliphatic heterocycles. The van der Waals surface area contributed by atoms with Gasteiger partial charge in [-0.15, -0.1) is 0 Å². The van der Waals surface area contributed by atoms with Crippen LogP contribution in [-0.4, -0.2) is 0 Å². The molecule has 0 bridgehead atoms. The Bertz CT molecular complexity index is 112. The summed E-state index contributed by atoms with van der Waals surface area (Å²) in [6, 6.07) is 0. The van der Waals surface area contributed by atoms with Gasteiger partial charge in [0.2, 0.25) is 0 Å². The van der Waals surface area contributed by atoms with Gasteiger partial charge < -0.3 is 82.8 Å². The van der Waals surface area contributed by atoms with Gasteiger partial charge in [0.1, 0.15) is 0 Å². The molecule has 73 valence electrons. The molecule has 0 saturated heterocycles. The molecule has 0 spiro atoms. The van der Waals surface area contributed by atoms with E-state index in [0.29, 0.717) is 0 Å². The van der Waals surface area contributed by atoms with Crippen molar-refractivity contribution in [2.24, 2.45) is 0 Å². The number of hydrogen-bond acceptors (Lipinski definition) is 7. The number of rotatable bonds is 0. The Morgan fingerprint density at radius 2 is 0.267 bits per heavy atom. The third-order valence-electron chi connectivity index (χ3n) is 0. The Labute approximate surface area is 104 Å². The van der Waals surface area contributed by atoms with E-state index in [-0.39, 0.29) is 21.1 Å². The summed E-state index contributed by atoms with van der Waals surface area (Å²) in [6.07, 6.45) is 0. The second-order valence-corrected chi connectivity index (χ2v) is 0. The van der Waals surface area contributed by atoms with Gasteiger partial charge in [0.05, 0.1) is 0 Å². The summed E-state index contributed by atoms with van der Waals surface area (Å²) in [4.78, 5) is 0. The van der Waals surface area contributed by atoms with Gasteiger partial charge >= 0.3 is 21.1 Å². The molecule has 1 radical (unpaired) electrons. The van der Waals surface area contributed by atoms with Gasteiger partial charge in [0.15, 0.2) is 0 Å². The van der Waals surface area contributed by atoms with E-state index in [1.807, 2.05) is 0 Å². The van der Waals surface area contributed by atoms with E-state index in [1.54, 1.807) is 0 Å². The van der Waals surface area contributed by atoms with Crippen LogP contribution < -0.4 is 0 Å². The molecule has 0 aromatic rings. The van der Waals surface area contributed by atoms with Crippen molar-refractivity contribution >= 4 is 0 Å². The summed E-state index contributed by atoms with van der Waals surface area (Å²) in [6.45, 7) is 33.2. The van der Waals surface area contributed by atoms with Crippen molar-refractivity contribution in [2.45, 2.75) is 0 Å². The molecular weight excluding hydrogens is 278 g/mol. The molecule has 0 fully saturated rings. The maximum Gasteiger partial charge on any atom is 3.00 e. The summed E-state index contributed by atoms with van der Waals surface area (Å²) in [5.74, 6) is 0. The molecule has 0 atom stereocenters. The van der Waals surface area contributed by atoms with Crippen LogP contribution in [0, 0.1) is 82.8 Å². The van der Waals surface area contributed by atoms with Crippen molar-refractivity contribution in [1.82, 2.24) is 0 Å². The van der Waals surface area contributed by atoms with E-state index in [2.05, 4.69) is 0 Å². The van der Waals surface area contributed by atoms with Crippen molar-refractivity contribution in [3.63, 3.8) is 0 Å². The molecule has 0 saturated carbocycles. The summed E-state index contributed by atoms with van der Waals surface area (Å²) in [5.41, 5.74) is 0. The second kappa shape index (κ2) is 137. The minimum Gasteiger partial charge on any atom is -0.512 e. The molecule has 0 aliphatic carbocycles. The van der Waals surface area contributed by atoms with Gasteiger partial charge in [0, 0.05) is 0 Å². The van der Waals surface area contributed by atoms with Crippen LogP contribution in [0.1, 0.15) is 0 Å². The SMILES string of the molecule is [C-]#N.[C-]#N.[C-]#N.[C-]#N.[C-]#N.[C-]#N.[C-]#N.[Mo+3]. The maximum absolute atomic E-state index is 6.25. The first-order valence-electron chi connectivity index (χ1n) is 1.57. The van der Waals surface area contributed by atoms with Crippen LogP contribution in [0.2, 0.25) is 0 Å². The second-order valence-electron chi connectivity index (χ2n) is 0. The summed E-state index contributed by atoms with van der Waals surface area (Å²) >= 11 is 0. The fourth-order valence-electron chi connectivity index (χ4n) is 0. The predicted molar refractivity (Wildman–Crippen MR) is 34.8 cm³/mol. The largest absolute Gasteiger partial charge is 3.00 e. The number of nitrogens with zero attached hydrogens (tertiary/aromatic N) is 7. The van der Waals surface area contributed by atoms with E-state index in [4.69, 9.17) is 82.8 Å². The zero-order chi connectivity index (χ0) is 14.0. The van der Waals surface area contributed by atoms with Gasteiger partial charge in [-0.25, -0.2) is 0 Å². The van der Waals surface area contributed by atoms with Crippen molar-refractivity contribution in [1.29, 1.82) is 36.8 Å². The van der Waals surface area contributed by atoms with Crippen LogP contribution in [0.4, 0.5) is 0 Å². The summed E-state index contributed by atoms with van der Waals surface area (Å²) < 4.78 is 0. The van der Waals surface area contributed by atoms with Gasteiger partial charge in [-0.1, -0.05) is 0 Å². The molecule has 7 nitrogen and oxygen atoms in total. The first-order valence-corrected chi connectivity index (χ1v) is 1.57. The zero-order valence-corrected chi connectivity index (χ0v) is 9.05. The normalized spacial score (nSPS) is 0.933. The van der Waals surface area contributed by atoms with Crippen LogP contribution in [0.15, 0.2) is 0 Å². The van der Waals surface area contributed by atoms with E-state index >= 15 is 0 Å². The predicted octanol–water partition coefficient (Wildman–Crippen LogP) is 0.672. The van der Waals surface area contributed by atoms with Crippen LogP contribution in [0.3, 0.4) is 0 Å². The van der Waals surface area contributed by atoms with E-state index in [1.165, 1.54) is 0 Å². The molecule has 0 aliphatic rings. The molecule has 0 amide bonds. The van der Waals surface area contributed by atoms with Crippen molar-refractivity contribution in [2.75, 3.05) is 0 Å². The first kappa shape index (κ1) is 88.3. The van der Waals surface area contributed by atoms with Gasteiger partial charge in [-0.2, -0.15) is 0 Å². The molecular formula is C7MoN7-4. The average Bonchev–Trinajstić information content (AvgIpc) is 2.45. The van der Waals surface area contributed by atoms with Crippen molar-refractivity contribution in [3.8, 4) is 0 Å². The Hall–Kier alpha value is -2.88. The monoisotopic (exact) mass is 280 g/mol. The molecule has 8 heteroatoms. The van der Waals surface area contributed by atoms with Gasteiger partial charge in [0.25, 0.3) is 0 Å². The van der Waals surface area contributed by atoms with Crippen molar-refractivity contribution < 1.29 is 21.1 Å². The molecule has 0 heterocycles. The fourth-order valence-corrected chi connectivity index (χ4v) is 0. The topological polar surface area (TPSA) is 167 Å². The van der Waals surface area contributed by atoms with E-state index in [9.17, 15) is 0 Å². The summed E-state index contributed by atoms with van der Waals surface area (Å²) in [5, 5.41) is 43.8. The third-order valence-corrected chi connectivity index (χ3v) is 0. The van der Waals surface area contributed by atoms with Crippen LogP contribution in [-0.2, 0) is 21.1 Å². The Morgan fingerprint density at radius 3 is 0.267 bits per heavy atom. The quantitative estimate of drug-likeness (QED) is 0.463. The molecule has 0 aromatic heterocycles. The minimum absolute atomic E-state index is 0. The standard InChI is InChI=1S/7CN.Mo/c7*1-2;/q7*-1;+3. The van der Waals surface area contributed by atoms with E-state index in [0.717, 1.165) is 0 Å². The number of hydrogen-bond donors (Lipinski definition) is 0. The molecule has 15 heavy (non-hydrogen) atoms. The smallest absolute Gasteiger partial charge is 0.512 e. The molecule has 0 aromatic carbocycles. The van der Waals surface area contributed by atoms with Crippen LogP contribution in [0.25, 0.3) is 0 Å². The Balaban J connectivity index is -0.00000000628.